The number of nitrogens with two attached hydrogens (primary N) is 1. The second-order valence-corrected chi connectivity index (χ2v) is 5.83. The lowest BCUT2D eigenvalue weighted by atomic mass is 9.77. The molecule has 114 valence electrons. The van der Waals surface area contributed by atoms with E-state index in [4.69, 9.17) is 5.73 Å². The van der Waals surface area contributed by atoms with Crippen molar-refractivity contribution in [1.82, 2.24) is 0 Å². The van der Waals surface area contributed by atoms with Gasteiger partial charge in [0.05, 0.1) is 5.41 Å². The van der Waals surface area contributed by atoms with Crippen molar-refractivity contribution in [3.8, 4) is 0 Å². The van der Waals surface area contributed by atoms with Crippen LogP contribution in [0.1, 0.15) is 42.1 Å². The quantitative estimate of drug-likeness (QED) is 0.890. The zero-order chi connectivity index (χ0) is 15.6. The van der Waals surface area contributed by atoms with Crippen molar-refractivity contribution in [2.45, 2.75) is 33.1 Å². The summed E-state index contributed by atoms with van der Waals surface area (Å²) in [5.41, 5.74) is 6.93. The fraction of sp³-hybridized carbons (Fsp3) is 0.500. The highest BCUT2D eigenvalue weighted by molar-refractivity contribution is 5.94. The number of hydrogen-bond donors (Lipinski definition) is 2. The summed E-state index contributed by atoms with van der Waals surface area (Å²) < 4.78 is 0. The number of carboxylic acid groups (broad SMARTS) is 1. The Bertz CT molecular complexity index is 571. The van der Waals surface area contributed by atoms with E-state index < -0.39 is 17.3 Å². The molecule has 1 unspecified atom stereocenters. The fourth-order valence-corrected chi connectivity index (χ4v) is 3.09. The van der Waals surface area contributed by atoms with E-state index in [-0.39, 0.29) is 0 Å². The second kappa shape index (κ2) is 5.76. The maximum atomic E-state index is 11.6. The van der Waals surface area contributed by atoms with Gasteiger partial charge >= 0.3 is 5.97 Å². The molecule has 1 fully saturated rings. The number of anilines is 1. The molecule has 1 amide bonds. The number of carbonyl (C=O) groups is 2. The molecule has 1 heterocycles. The van der Waals surface area contributed by atoms with E-state index in [2.05, 4.69) is 4.90 Å². The third-order valence-electron chi connectivity index (χ3n) is 4.55. The van der Waals surface area contributed by atoms with Crippen molar-refractivity contribution in [2.75, 3.05) is 18.0 Å². The summed E-state index contributed by atoms with van der Waals surface area (Å²) in [4.78, 5) is 25.0. The lowest BCUT2D eigenvalue weighted by Crippen LogP contribution is -2.47. The maximum absolute atomic E-state index is 11.6. The summed E-state index contributed by atoms with van der Waals surface area (Å²) in [6.45, 7) is 5.12. The number of rotatable bonds is 4. The van der Waals surface area contributed by atoms with Crippen LogP contribution in [0.5, 0.6) is 0 Å². The topological polar surface area (TPSA) is 83.6 Å². The highest BCUT2D eigenvalue weighted by Gasteiger charge is 2.40. The fourth-order valence-electron chi connectivity index (χ4n) is 3.09. The largest absolute Gasteiger partial charge is 0.481 e. The van der Waals surface area contributed by atoms with Crippen LogP contribution in [0.15, 0.2) is 18.2 Å². The van der Waals surface area contributed by atoms with Crippen molar-refractivity contribution >= 4 is 17.6 Å². The summed E-state index contributed by atoms with van der Waals surface area (Å²) in [7, 11) is 0. The van der Waals surface area contributed by atoms with Crippen LogP contribution < -0.4 is 10.6 Å². The smallest absolute Gasteiger partial charge is 0.311 e. The average molecular weight is 290 g/mol. The molecular formula is C16H22N2O3. The first-order chi connectivity index (χ1) is 9.89. The number of piperidine rings is 1. The average Bonchev–Trinajstić information content (AvgIpc) is 2.46. The molecule has 1 atom stereocenters. The molecule has 0 radical (unpaired) electrons. The number of primary amides is 1. The Morgan fingerprint density at radius 1 is 1.43 bits per heavy atom. The number of aliphatic carboxylic acids is 1. The summed E-state index contributed by atoms with van der Waals surface area (Å²) in [6.07, 6.45) is 2.20. The van der Waals surface area contributed by atoms with Gasteiger partial charge in [0, 0.05) is 24.3 Å². The minimum Gasteiger partial charge on any atom is -0.481 e. The molecule has 5 nitrogen and oxygen atoms in total. The van der Waals surface area contributed by atoms with E-state index in [1.54, 1.807) is 6.07 Å². The Morgan fingerprint density at radius 3 is 2.67 bits per heavy atom. The molecule has 1 aromatic carbocycles. The summed E-state index contributed by atoms with van der Waals surface area (Å²) in [6, 6.07) is 5.48. The zero-order valence-electron chi connectivity index (χ0n) is 12.6. The van der Waals surface area contributed by atoms with Gasteiger partial charge in [0.2, 0.25) is 5.91 Å². The molecule has 3 N–H and O–H groups in total. The van der Waals surface area contributed by atoms with Crippen molar-refractivity contribution < 1.29 is 14.7 Å². The Morgan fingerprint density at radius 2 is 2.14 bits per heavy atom. The molecule has 5 heteroatoms. The normalized spacial score (nSPS) is 22.1. The molecule has 1 aliphatic heterocycles. The Hall–Kier alpha value is -2.04. The standard InChI is InChI=1S/C16H22N2O3/c1-3-16(15(20)21)7-4-8-18(10-16)12-5-6-13(14(17)19)11(2)9-12/h5-6,9H,3-4,7-8,10H2,1-2H3,(H2,17,19)(H,20,21). The first-order valence-corrected chi connectivity index (χ1v) is 7.28. The van der Waals surface area contributed by atoms with E-state index in [1.165, 1.54) is 0 Å². The molecule has 0 spiro atoms. The molecule has 1 aliphatic rings. The van der Waals surface area contributed by atoms with Crippen LogP contribution in [0.2, 0.25) is 0 Å². The number of benzene rings is 1. The van der Waals surface area contributed by atoms with Gasteiger partial charge in [-0.25, -0.2) is 0 Å². The number of nitrogens with zero attached hydrogens (tertiary/aromatic N) is 1. The van der Waals surface area contributed by atoms with E-state index in [0.717, 1.165) is 24.2 Å². The molecule has 21 heavy (non-hydrogen) atoms. The van der Waals surface area contributed by atoms with E-state index >= 15 is 0 Å². The Balaban J connectivity index is 2.28. The van der Waals surface area contributed by atoms with Crippen LogP contribution in [0.25, 0.3) is 0 Å². The number of amides is 1. The van der Waals surface area contributed by atoms with Gasteiger partial charge in [-0.3, -0.25) is 9.59 Å². The number of aryl methyl sites for hydroxylation is 1. The minimum atomic E-state index is -0.722. The van der Waals surface area contributed by atoms with Crippen LogP contribution in [0.4, 0.5) is 5.69 Å². The number of carbonyl (C=O) groups excluding carboxylic acids is 1. The van der Waals surface area contributed by atoms with Crippen LogP contribution in [0, 0.1) is 12.3 Å². The molecular weight excluding hydrogens is 268 g/mol. The zero-order valence-corrected chi connectivity index (χ0v) is 12.6. The second-order valence-electron chi connectivity index (χ2n) is 5.83. The van der Waals surface area contributed by atoms with Gasteiger partial charge in [-0.1, -0.05) is 6.92 Å². The van der Waals surface area contributed by atoms with Crippen molar-refractivity contribution in [1.29, 1.82) is 0 Å². The predicted molar refractivity (Wildman–Crippen MR) is 81.5 cm³/mol. The highest BCUT2D eigenvalue weighted by atomic mass is 16.4. The molecule has 0 aliphatic carbocycles. The van der Waals surface area contributed by atoms with Crippen LogP contribution in [0.3, 0.4) is 0 Å². The lowest BCUT2D eigenvalue weighted by Gasteiger charge is -2.40. The van der Waals surface area contributed by atoms with Crippen molar-refractivity contribution in [2.24, 2.45) is 11.1 Å². The van der Waals surface area contributed by atoms with Gasteiger partial charge in [0.25, 0.3) is 0 Å². The van der Waals surface area contributed by atoms with Gasteiger partial charge in [0.15, 0.2) is 0 Å². The molecule has 1 aromatic rings. The summed E-state index contributed by atoms with van der Waals surface area (Å²) in [5, 5.41) is 9.54. The maximum Gasteiger partial charge on any atom is 0.311 e. The van der Waals surface area contributed by atoms with Crippen molar-refractivity contribution in [3.63, 3.8) is 0 Å². The predicted octanol–water partition coefficient (Wildman–Crippen LogP) is 2.18. The van der Waals surface area contributed by atoms with Crippen LogP contribution in [-0.2, 0) is 4.79 Å². The Labute approximate surface area is 124 Å². The molecule has 2 rings (SSSR count). The minimum absolute atomic E-state index is 0.439. The van der Waals surface area contributed by atoms with Gasteiger partial charge in [-0.2, -0.15) is 0 Å². The van der Waals surface area contributed by atoms with Crippen LogP contribution in [-0.4, -0.2) is 30.1 Å². The number of hydrogen-bond acceptors (Lipinski definition) is 3. The molecule has 1 saturated heterocycles. The van der Waals surface area contributed by atoms with Gasteiger partial charge in [0.1, 0.15) is 0 Å². The molecule has 0 saturated carbocycles. The molecule has 0 aromatic heterocycles. The first-order valence-electron chi connectivity index (χ1n) is 7.28. The van der Waals surface area contributed by atoms with Gasteiger partial charge in [-0.05, 0) is 49.9 Å². The SMILES string of the molecule is CCC1(C(=O)O)CCCN(c2ccc(C(N)=O)c(C)c2)C1. The third kappa shape index (κ3) is 2.86. The van der Waals surface area contributed by atoms with E-state index in [9.17, 15) is 14.7 Å². The lowest BCUT2D eigenvalue weighted by molar-refractivity contribution is -0.149. The first kappa shape index (κ1) is 15.4. The third-order valence-corrected chi connectivity index (χ3v) is 4.55. The monoisotopic (exact) mass is 290 g/mol. The van der Waals surface area contributed by atoms with Gasteiger partial charge < -0.3 is 15.7 Å². The highest BCUT2D eigenvalue weighted by Crippen LogP contribution is 2.36. The van der Waals surface area contributed by atoms with E-state index in [1.807, 2.05) is 26.0 Å². The molecule has 0 bridgehead atoms. The number of carboxylic acids is 1. The summed E-state index contributed by atoms with van der Waals surface area (Å²) >= 11 is 0. The van der Waals surface area contributed by atoms with Gasteiger partial charge in [-0.15, -0.1) is 0 Å². The Kier molecular flexibility index (Phi) is 4.21. The van der Waals surface area contributed by atoms with Crippen LogP contribution >= 0.6 is 0 Å². The summed E-state index contributed by atoms with van der Waals surface area (Å²) in [5.74, 6) is -1.16. The van der Waals surface area contributed by atoms with E-state index in [0.29, 0.717) is 24.9 Å². The van der Waals surface area contributed by atoms with Crippen molar-refractivity contribution in [3.05, 3.63) is 29.3 Å².